The molecule has 0 aromatic heterocycles. The van der Waals surface area contributed by atoms with E-state index in [-0.39, 0.29) is 28.8 Å². The fourth-order valence-electron chi connectivity index (χ4n) is 1.94. The van der Waals surface area contributed by atoms with Crippen molar-refractivity contribution in [2.45, 2.75) is 6.42 Å². The molecule has 2 aromatic rings. The largest absolute Gasteiger partial charge is 0.350 e. The van der Waals surface area contributed by atoms with Crippen molar-refractivity contribution < 1.29 is 17.2 Å². The minimum atomic E-state index is -3.99. The maximum absolute atomic E-state index is 14.3. The topological polar surface area (TPSA) is 70.2 Å². The van der Waals surface area contributed by atoms with Gasteiger partial charge in [0.1, 0.15) is 5.69 Å². The van der Waals surface area contributed by atoms with Gasteiger partial charge in [0, 0.05) is 16.0 Å². The fourth-order valence-corrected chi connectivity index (χ4v) is 3.92. The molecule has 0 atom stereocenters. The normalized spacial score (nSPS) is 11.4. The third kappa shape index (κ3) is 5.81. The molecule has 11 heteroatoms. The van der Waals surface area contributed by atoms with Crippen LogP contribution in [0.1, 0.15) is 6.42 Å². The first-order valence-electron chi connectivity index (χ1n) is 7.27. The molecule has 0 aliphatic rings. The van der Waals surface area contributed by atoms with Crippen LogP contribution in [0.25, 0.3) is 0 Å². The lowest BCUT2D eigenvalue weighted by molar-refractivity contribution is 0.512. The first kappa shape index (κ1) is 21.4. The van der Waals surface area contributed by atoms with Crippen LogP contribution in [0.5, 0.6) is 0 Å². The van der Waals surface area contributed by atoms with Crippen LogP contribution in [0.4, 0.5) is 25.8 Å². The van der Waals surface area contributed by atoms with Gasteiger partial charge < -0.3 is 5.32 Å². The predicted molar refractivity (Wildman–Crippen MR) is 110 cm³/mol. The number of anilines is 3. The Bertz CT molecular complexity index is 901. The Balaban J connectivity index is 2.34. The predicted octanol–water partition coefficient (Wildman–Crippen LogP) is 4.84. The van der Waals surface area contributed by atoms with Gasteiger partial charge in [-0.05, 0) is 59.3 Å². The number of rotatable bonds is 8. The SMILES string of the molecule is O=S(=O)(NCCCCl)Nc1ccc(F)c(F)c1Nc1ccc(I)cc1Cl. The van der Waals surface area contributed by atoms with Crippen molar-refractivity contribution >= 4 is 73.1 Å². The van der Waals surface area contributed by atoms with Crippen molar-refractivity contribution in [2.75, 3.05) is 22.5 Å². The molecule has 5 nitrogen and oxygen atoms in total. The second kappa shape index (κ2) is 9.36. The third-order valence-electron chi connectivity index (χ3n) is 3.13. The van der Waals surface area contributed by atoms with Crippen molar-refractivity contribution in [3.63, 3.8) is 0 Å². The van der Waals surface area contributed by atoms with Gasteiger partial charge in [0.05, 0.1) is 16.4 Å². The molecular formula is C15H14Cl2F2IN3O2S. The highest BCUT2D eigenvalue weighted by Gasteiger charge is 2.19. The average Bonchev–Trinajstić information content (AvgIpc) is 2.56. The summed E-state index contributed by atoms with van der Waals surface area (Å²) in [4.78, 5) is 0. The fraction of sp³-hybridized carbons (Fsp3) is 0.200. The average molecular weight is 536 g/mol. The summed E-state index contributed by atoms with van der Waals surface area (Å²) in [5.74, 6) is -2.08. The molecule has 0 aliphatic heterocycles. The highest BCUT2D eigenvalue weighted by Crippen LogP contribution is 2.34. The van der Waals surface area contributed by atoms with E-state index in [1.165, 1.54) is 0 Å². The molecule has 0 bridgehead atoms. The minimum absolute atomic E-state index is 0.105. The lowest BCUT2D eigenvalue weighted by atomic mass is 10.2. The van der Waals surface area contributed by atoms with Gasteiger partial charge in [-0.15, -0.1) is 11.6 Å². The van der Waals surface area contributed by atoms with Crippen LogP contribution in [0.15, 0.2) is 30.3 Å². The van der Waals surface area contributed by atoms with Crippen molar-refractivity contribution in [1.29, 1.82) is 0 Å². The van der Waals surface area contributed by atoms with Crippen LogP contribution in [-0.4, -0.2) is 20.8 Å². The number of halogens is 5. The summed E-state index contributed by atoms with van der Waals surface area (Å²) in [6.07, 6.45) is 0.420. The van der Waals surface area contributed by atoms with Gasteiger partial charge in [-0.3, -0.25) is 4.72 Å². The molecule has 0 saturated carbocycles. The van der Waals surface area contributed by atoms with Crippen molar-refractivity contribution in [3.05, 3.63) is 50.6 Å². The number of hydrogen-bond acceptors (Lipinski definition) is 3. The minimum Gasteiger partial charge on any atom is -0.350 e. The summed E-state index contributed by atoms with van der Waals surface area (Å²) in [6, 6.07) is 6.85. The zero-order valence-electron chi connectivity index (χ0n) is 13.1. The summed E-state index contributed by atoms with van der Waals surface area (Å²) >= 11 is 13.6. The first-order chi connectivity index (χ1) is 12.2. The van der Waals surface area contributed by atoms with Crippen molar-refractivity contribution in [1.82, 2.24) is 4.72 Å². The Morgan fingerprint density at radius 3 is 2.46 bits per heavy atom. The van der Waals surface area contributed by atoms with E-state index in [2.05, 4.69) is 14.8 Å². The lowest BCUT2D eigenvalue weighted by Gasteiger charge is -2.16. The standard InChI is InChI=1S/C15H14Cl2F2IN3O2S/c16-6-1-7-21-26(24,25)23-13-5-3-11(18)14(19)15(13)22-12-4-2-9(20)8-10(12)17/h2-5,8,21-23H,1,6-7H2. The van der Waals surface area contributed by atoms with Crippen molar-refractivity contribution in [3.8, 4) is 0 Å². The molecule has 0 fully saturated rings. The van der Waals surface area contributed by atoms with E-state index in [1.807, 2.05) is 22.6 Å². The van der Waals surface area contributed by atoms with Crippen LogP contribution in [-0.2, 0) is 10.2 Å². The Hall–Kier alpha value is -0.880. The molecule has 2 aromatic carbocycles. The van der Waals surface area contributed by atoms with Gasteiger partial charge in [0.25, 0.3) is 10.2 Å². The van der Waals surface area contributed by atoms with Crippen LogP contribution >= 0.6 is 45.8 Å². The molecule has 26 heavy (non-hydrogen) atoms. The number of benzene rings is 2. The maximum Gasteiger partial charge on any atom is 0.299 e. The van der Waals surface area contributed by atoms with Crippen molar-refractivity contribution in [2.24, 2.45) is 0 Å². The summed E-state index contributed by atoms with van der Waals surface area (Å²) < 4.78 is 57.3. The number of nitrogens with one attached hydrogen (secondary N) is 3. The van der Waals surface area contributed by atoms with Gasteiger partial charge in [-0.25, -0.2) is 8.78 Å². The summed E-state index contributed by atoms with van der Waals surface area (Å²) in [5.41, 5.74) is -0.250. The Morgan fingerprint density at radius 2 is 1.81 bits per heavy atom. The van der Waals surface area contributed by atoms with Gasteiger partial charge in [-0.2, -0.15) is 13.1 Å². The van der Waals surface area contributed by atoms with Gasteiger partial charge >= 0.3 is 0 Å². The maximum atomic E-state index is 14.3. The van der Waals surface area contributed by atoms with E-state index in [0.29, 0.717) is 12.1 Å². The number of alkyl halides is 1. The molecule has 0 aliphatic carbocycles. The Kier molecular flexibility index (Phi) is 7.71. The molecule has 0 amide bonds. The van der Waals surface area contributed by atoms with E-state index in [0.717, 1.165) is 15.7 Å². The summed E-state index contributed by atoms with van der Waals surface area (Å²) in [7, 11) is -3.99. The van der Waals surface area contributed by atoms with E-state index in [1.54, 1.807) is 18.2 Å². The summed E-state index contributed by atoms with van der Waals surface area (Å²) in [5, 5.41) is 2.91. The Morgan fingerprint density at radius 1 is 1.12 bits per heavy atom. The first-order valence-corrected chi connectivity index (χ1v) is 10.7. The molecule has 0 saturated heterocycles. The summed E-state index contributed by atoms with van der Waals surface area (Å²) in [6.45, 7) is 0.105. The zero-order valence-corrected chi connectivity index (χ0v) is 17.6. The zero-order chi connectivity index (χ0) is 19.3. The Labute approximate surface area is 173 Å². The molecular weight excluding hydrogens is 522 g/mol. The molecule has 142 valence electrons. The van der Waals surface area contributed by atoms with E-state index in [9.17, 15) is 17.2 Å². The molecule has 0 heterocycles. The molecule has 2 rings (SSSR count). The molecule has 0 radical (unpaired) electrons. The van der Waals surface area contributed by atoms with E-state index < -0.39 is 21.8 Å². The monoisotopic (exact) mass is 535 g/mol. The molecule has 3 N–H and O–H groups in total. The van der Waals surface area contributed by atoms with Crippen LogP contribution in [0, 0.1) is 15.2 Å². The third-order valence-corrected chi connectivity index (χ3v) is 5.46. The van der Waals surface area contributed by atoms with Crippen LogP contribution in [0.2, 0.25) is 5.02 Å². The second-order valence-electron chi connectivity index (χ2n) is 5.08. The van der Waals surface area contributed by atoms with Crippen LogP contribution < -0.4 is 14.8 Å². The van der Waals surface area contributed by atoms with Gasteiger partial charge in [0.2, 0.25) is 0 Å². The van der Waals surface area contributed by atoms with Crippen LogP contribution in [0.3, 0.4) is 0 Å². The number of hydrogen-bond donors (Lipinski definition) is 3. The highest BCUT2D eigenvalue weighted by atomic mass is 127. The van der Waals surface area contributed by atoms with Gasteiger partial charge in [-0.1, -0.05) is 11.6 Å². The molecule has 0 spiro atoms. The van der Waals surface area contributed by atoms with E-state index >= 15 is 0 Å². The lowest BCUT2D eigenvalue weighted by Crippen LogP contribution is -2.31. The quantitative estimate of drug-likeness (QED) is 0.257. The van der Waals surface area contributed by atoms with E-state index in [4.69, 9.17) is 23.2 Å². The smallest absolute Gasteiger partial charge is 0.299 e. The highest BCUT2D eigenvalue weighted by molar-refractivity contribution is 14.1. The van der Waals surface area contributed by atoms with Gasteiger partial charge in [0.15, 0.2) is 11.6 Å². The second-order valence-corrected chi connectivity index (χ2v) is 8.61. The molecule has 0 unspecified atom stereocenters.